The molecule has 0 heterocycles. The summed E-state index contributed by atoms with van der Waals surface area (Å²) in [5.41, 5.74) is 7.81. The number of anilines is 2. The van der Waals surface area contributed by atoms with Crippen LogP contribution in [0, 0.1) is 0 Å². The van der Waals surface area contributed by atoms with Crippen LogP contribution in [0.2, 0.25) is 0 Å². The standard InChI is InChI=1S/C34H54N4O5/c1-15-36(21-17-23(31(3,4)5)27(39)24(18-21)32(6,7)8)38(30(42)43-29(35)41)37(16-2)22-19-25(33(9,10)11)28(40)26(20-22)34(12,13)14/h17-20,39-40H,15-16H2,1-14H3,(H2,35,41). The second kappa shape index (κ2) is 12.2. The number of primary amides is 1. The number of amides is 2. The Morgan fingerprint density at radius 1 is 0.628 bits per heavy atom. The fourth-order valence-corrected chi connectivity index (χ4v) is 5.13. The van der Waals surface area contributed by atoms with Crippen LogP contribution >= 0.6 is 0 Å². The molecule has 0 aliphatic carbocycles. The summed E-state index contributed by atoms with van der Waals surface area (Å²) in [5, 5.41) is 27.4. The number of nitrogens with zero attached hydrogens (tertiary/aromatic N) is 3. The molecule has 0 atom stereocenters. The molecule has 2 aromatic carbocycles. The number of carbonyl (C=O) groups excluding carboxylic acids is 2. The summed E-state index contributed by atoms with van der Waals surface area (Å²) in [5.74, 6) is 0.420. The van der Waals surface area contributed by atoms with Crippen LogP contribution in [0.15, 0.2) is 24.3 Å². The van der Waals surface area contributed by atoms with Crippen LogP contribution in [0.4, 0.5) is 21.0 Å². The Hall–Kier alpha value is -3.62. The minimum absolute atomic E-state index is 0.210. The first-order valence-corrected chi connectivity index (χ1v) is 15.0. The van der Waals surface area contributed by atoms with E-state index in [9.17, 15) is 19.8 Å². The van der Waals surface area contributed by atoms with Crippen LogP contribution in [-0.2, 0) is 26.4 Å². The molecule has 43 heavy (non-hydrogen) atoms. The van der Waals surface area contributed by atoms with Crippen molar-refractivity contribution in [1.82, 2.24) is 5.12 Å². The van der Waals surface area contributed by atoms with E-state index in [1.54, 1.807) is 10.0 Å². The number of nitrogens with two attached hydrogens (primary N) is 1. The van der Waals surface area contributed by atoms with Crippen LogP contribution < -0.4 is 15.8 Å². The summed E-state index contributed by atoms with van der Waals surface area (Å²) >= 11 is 0. The number of carbonyl (C=O) groups is 2. The molecule has 0 saturated heterocycles. The van der Waals surface area contributed by atoms with Gasteiger partial charge in [-0.2, -0.15) is 0 Å². The molecule has 0 fully saturated rings. The van der Waals surface area contributed by atoms with Crippen molar-refractivity contribution in [3.8, 4) is 11.5 Å². The van der Waals surface area contributed by atoms with Gasteiger partial charge in [0.15, 0.2) is 0 Å². The van der Waals surface area contributed by atoms with E-state index in [0.29, 0.717) is 46.7 Å². The number of hydrogen-bond donors (Lipinski definition) is 3. The molecule has 0 aromatic heterocycles. The van der Waals surface area contributed by atoms with Gasteiger partial charge in [0.2, 0.25) is 0 Å². The van der Waals surface area contributed by atoms with Crippen LogP contribution in [0.5, 0.6) is 11.5 Å². The fraction of sp³-hybridized carbons (Fsp3) is 0.588. The number of hydrogen-bond acceptors (Lipinski definition) is 7. The first-order chi connectivity index (χ1) is 19.4. The van der Waals surface area contributed by atoms with Gasteiger partial charge in [0, 0.05) is 35.3 Å². The van der Waals surface area contributed by atoms with Gasteiger partial charge in [0.1, 0.15) is 11.5 Å². The molecular formula is C34H54N4O5. The van der Waals surface area contributed by atoms with Crippen molar-refractivity contribution in [3.05, 3.63) is 46.5 Å². The van der Waals surface area contributed by atoms with Gasteiger partial charge < -0.3 is 20.7 Å². The van der Waals surface area contributed by atoms with E-state index in [1.807, 2.05) is 121 Å². The van der Waals surface area contributed by atoms with E-state index in [2.05, 4.69) is 0 Å². The maximum Gasteiger partial charge on any atom is 0.457 e. The highest BCUT2D eigenvalue weighted by molar-refractivity contribution is 5.85. The average molecular weight is 599 g/mol. The third kappa shape index (κ3) is 7.86. The summed E-state index contributed by atoms with van der Waals surface area (Å²) in [4.78, 5) is 25.7. The predicted molar refractivity (Wildman–Crippen MR) is 175 cm³/mol. The topological polar surface area (TPSA) is 120 Å². The van der Waals surface area contributed by atoms with E-state index in [-0.39, 0.29) is 11.5 Å². The SMILES string of the molecule is CCN(c1cc(C(C)(C)C)c(O)c(C(C)(C)C)c1)N(C(=O)OC(N)=O)N(CC)c1cc(C(C)(C)C)c(O)c(C(C)(C)C)c1. The van der Waals surface area contributed by atoms with Crippen molar-refractivity contribution >= 4 is 23.6 Å². The highest BCUT2D eigenvalue weighted by Crippen LogP contribution is 2.44. The number of aromatic hydroxyl groups is 2. The Labute approximate surface area is 258 Å². The Balaban J connectivity index is 3.01. The van der Waals surface area contributed by atoms with E-state index < -0.39 is 33.8 Å². The van der Waals surface area contributed by atoms with E-state index >= 15 is 0 Å². The molecule has 0 aliphatic heterocycles. The van der Waals surface area contributed by atoms with Gasteiger partial charge in [-0.3, -0.25) is 10.0 Å². The summed E-state index contributed by atoms with van der Waals surface area (Å²) in [6.07, 6.45) is -2.21. The Morgan fingerprint density at radius 3 is 1.07 bits per heavy atom. The zero-order chi connectivity index (χ0) is 33.5. The van der Waals surface area contributed by atoms with Crippen molar-refractivity contribution in [2.24, 2.45) is 5.73 Å². The lowest BCUT2D eigenvalue weighted by Gasteiger charge is -2.43. The number of rotatable bonds is 6. The Bertz CT molecular complexity index is 1180. The predicted octanol–water partition coefficient (Wildman–Crippen LogP) is 7.99. The number of ether oxygens (including phenoxy) is 1. The Morgan fingerprint density at radius 2 is 0.884 bits per heavy atom. The molecular weight excluding hydrogens is 544 g/mol. The van der Waals surface area contributed by atoms with Gasteiger partial charge in [-0.25, -0.2) is 9.59 Å². The molecule has 0 spiro atoms. The molecule has 240 valence electrons. The summed E-state index contributed by atoms with van der Waals surface area (Å²) in [7, 11) is 0. The molecule has 2 aromatic rings. The zero-order valence-corrected chi connectivity index (χ0v) is 28.8. The molecule has 9 nitrogen and oxygen atoms in total. The third-order valence-corrected chi connectivity index (χ3v) is 7.43. The first-order valence-electron chi connectivity index (χ1n) is 15.0. The smallest absolute Gasteiger partial charge is 0.457 e. The molecule has 0 aliphatic rings. The summed E-state index contributed by atoms with van der Waals surface area (Å²) in [6, 6.07) is 7.46. The summed E-state index contributed by atoms with van der Waals surface area (Å²) < 4.78 is 5.00. The lowest BCUT2D eigenvalue weighted by Crippen LogP contribution is -2.58. The lowest BCUT2D eigenvalue weighted by atomic mass is 9.79. The molecule has 0 bridgehead atoms. The number of benzene rings is 2. The molecule has 4 N–H and O–H groups in total. The van der Waals surface area contributed by atoms with Gasteiger partial charge in [-0.1, -0.05) is 83.1 Å². The third-order valence-electron chi connectivity index (χ3n) is 7.43. The first kappa shape index (κ1) is 35.6. The number of phenolic OH excluding ortho intramolecular Hbond substituents is 2. The summed E-state index contributed by atoms with van der Waals surface area (Å²) in [6.45, 7) is 28.6. The van der Waals surface area contributed by atoms with Crippen molar-refractivity contribution in [2.45, 2.75) is 119 Å². The molecule has 9 heteroatoms. The van der Waals surface area contributed by atoms with Crippen molar-refractivity contribution in [2.75, 3.05) is 23.1 Å². The van der Waals surface area contributed by atoms with Crippen molar-refractivity contribution in [3.63, 3.8) is 0 Å². The van der Waals surface area contributed by atoms with Gasteiger partial charge >= 0.3 is 12.2 Å². The van der Waals surface area contributed by atoms with E-state index in [0.717, 1.165) is 0 Å². The van der Waals surface area contributed by atoms with Crippen LogP contribution in [0.25, 0.3) is 0 Å². The van der Waals surface area contributed by atoms with E-state index in [1.165, 1.54) is 5.12 Å². The van der Waals surface area contributed by atoms with Gasteiger partial charge in [0.05, 0.1) is 11.4 Å². The second-order valence-electron chi connectivity index (χ2n) is 15.2. The fourth-order valence-electron chi connectivity index (χ4n) is 5.13. The highest BCUT2D eigenvalue weighted by atomic mass is 16.6. The van der Waals surface area contributed by atoms with Gasteiger partial charge in [-0.15, -0.1) is 5.12 Å². The zero-order valence-electron chi connectivity index (χ0n) is 28.8. The minimum atomic E-state index is -1.23. The van der Waals surface area contributed by atoms with Gasteiger partial charge in [0.25, 0.3) is 0 Å². The molecule has 2 rings (SSSR count). The maximum atomic E-state index is 13.8. The number of phenols is 2. The lowest BCUT2D eigenvalue weighted by molar-refractivity contribution is 0.114. The molecule has 2 amide bonds. The largest absolute Gasteiger partial charge is 0.507 e. The van der Waals surface area contributed by atoms with Crippen LogP contribution in [0.1, 0.15) is 119 Å². The van der Waals surface area contributed by atoms with Gasteiger partial charge in [-0.05, 0) is 59.8 Å². The van der Waals surface area contributed by atoms with Crippen molar-refractivity contribution < 1.29 is 24.5 Å². The number of hydrazine groups is 2. The molecule has 0 unspecified atom stereocenters. The normalized spacial score (nSPS) is 12.6. The quantitative estimate of drug-likeness (QED) is 0.228. The molecule has 0 saturated carbocycles. The van der Waals surface area contributed by atoms with Crippen LogP contribution in [0.3, 0.4) is 0 Å². The highest BCUT2D eigenvalue weighted by Gasteiger charge is 2.35. The monoisotopic (exact) mass is 598 g/mol. The second-order valence-corrected chi connectivity index (χ2v) is 15.2. The van der Waals surface area contributed by atoms with Crippen LogP contribution in [-0.4, -0.2) is 40.6 Å². The average Bonchev–Trinajstić information content (AvgIpc) is 2.81. The maximum absolute atomic E-state index is 13.8. The minimum Gasteiger partial charge on any atom is -0.507 e. The van der Waals surface area contributed by atoms with E-state index in [4.69, 9.17) is 10.5 Å². The van der Waals surface area contributed by atoms with Crippen molar-refractivity contribution in [1.29, 1.82) is 0 Å². The molecule has 0 radical (unpaired) electrons. The Kier molecular flexibility index (Phi) is 10.1.